The number of benzene rings is 1. The number of carbonyl (C=O) groups excluding carboxylic acids is 2. The molecular formula is C18H25N3O2. The number of amides is 2. The molecule has 0 fully saturated rings. The first-order valence-corrected chi connectivity index (χ1v) is 8.07. The summed E-state index contributed by atoms with van der Waals surface area (Å²) in [5, 5.41) is 6.98. The summed E-state index contributed by atoms with van der Waals surface area (Å²) in [6.07, 6.45) is 3.78. The van der Waals surface area contributed by atoms with Gasteiger partial charge in [0.1, 0.15) is 5.78 Å². The first-order chi connectivity index (χ1) is 11.0. The second-order valence-corrected chi connectivity index (χ2v) is 6.27. The van der Waals surface area contributed by atoms with Crippen LogP contribution in [0.1, 0.15) is 39.2 Å². The van der Waals surface area contributed by atoms with Crippen molar-refractivity contribution >= 4 is 22.7 Å². The molecule has 0 aliphatic rings. The van der Waals surface area contributed by atoms with E-state index in [1.807, 2.05) is 38.2 Å². The van der Waals surface area contributed by atoms with E-state index in [-0.39, 0.29) is 23.9 Å². The quantitative estimate of drug-likeness (QED) is 0.734. The number of H-pyrrole nitrogens is 1. The summed E-state index contributed by atoms with van der Waals surface area (Å²) < 4.78 is 0. The van der Waals surface area contributed by atoms with Gasteiger partial charge in [-0.15, -0.1) is 0 Å². The summed E-state index contributed by atoms with van der Waals surface area (Å²) >= 11 is 0. The van der Waals surface area contributed by atoms with Gasteiger partial charge >= 0.3 is 6.03 Å². The Morgan fingerprint density at radius 1 is 1.17 bits per heavy atom. The van der Waals surface area contributed by atoms with E-state index in [4.69, 9.17) is 0 Å². The largest absolute Gasteiger partial charge is 0.361 e. The Hall–Kier alpha value is -2.30. The number of aromatic amines is 1. The van der Waals surface area contributed by atoms with E-state index >= 15 is 0 Å². The molecule has 1 atom stereocenters. The van der Waals surface area contributed by atoms with Crippen molar-refractivity contribution in [2.24, 2.45) is 0 Å². The Bertz CT molecular complexity index is 676. The van der Waals surface area contributed by atoms with E-state index < -0.39 is 0 Å². The van der Waals surface area contributed by atoms with Crippen LogP contribution in [0.15, 0.2) is 30.5 Å². The number of carbonyl (C=O) groups is 2. The Labute approximate surface area is 136 Å². The Morgan fingerprint density at radius 3 is 2.61 bits per heavy atom. The summed E-state index contributed by atoms with van der Waals surface area (Å²) in [4.78, 5) is 26.5. The average Bonchev–Trinajstić information content (AvgIpc) is 2.87. The lowest BCUT2D eigenvalue weighted by molar-refractivity contribution is -0.117. The monoisotopic (exact) mass is 315 g/mol. The predicted octanol–water partition coefficient (Wildman–Crippen LogP) is 3.16. The standard InChI is InChI=1S/C18H25N3O2/c1-12(2)20-18(23)21-15(9-8-13(3)22)10-14-11-19-17-7-5-4-6-16(14)17/h4-7,11-12,15,19H,8-10H2,1-3H3,(H2,20,21,23). The predicted molar refractivity (Wildman–Crippen MR) is 92.5 cm³/mol. The van der Waals surface area contributed by atoms with E-state index in [1.165, 1.54) is 0 Å². The zero-order valence-electron chi connectivity index (χ0n) is 14.0. The van der Waals surface area contributed by atoms with Crippen molar-refractivity contribution in [3.63, 3.8) is 0 Å². The molecule has 0 radical (unpaired) electrons. The molecule has 124 valence electrons. The number of para-hydroxylation sites is 1. The molecule has 0 saturated carbocycles. The fourth-order valence-electron chi connectivity index (χ4n) is 2.66. The van der Waals surface area contributed by atoms with Crippen LogP contribution in [0.25, 0.3) is 10.9 Å². The van der Waals surface area contributed by atoms with Gasteiger partial charge in [0.25, 0.3) is 0 Å². The average molecular weight is 315 g/mol. The van der Waals surface area contributed by atoms with Crippen molar-refractivity contribution < 1.29 is 9.59 Å². The molecule has 5 nitrogen and oxygen atoms in total. The first kappa shape index (κ1) is 17.1. The van der Waals surface area contributed by atoms with Gasteiger partial charge in [-0.2, -0.15) is 0 Å². The van der Waals surface area contributed by atoms with E-state index in [0.717, 1.165) is 16.5 Å². The molecule has 2 aromatic rings. The highest BCUT2D eigenvalue weighted by Crippen LogP contribution is 2.20. The number of ketones is 1. The van der Waals surface area contributed by atoms with E-state index in [2.05, 4.69) is 21.7 Å². The van der Waals surface area contributed by atoms with Gasteiger partial charge in [-0.25, -0.2) is 4.79 Å². The maximum absolute atomic E-state index is 12.0. The second kappa shape index (κ2) is 7.81. The molecule has 23 heavy (non-hydrogen) atoms. The molecule has 3 N–H and O–H groups in total. The highest BCUT2D eigenvalue weighted by Gasteiger charge is 2.16. The number of urea groups is 1. The van der Waals surface area contributed by atoms with Crippen LogP contribution in [0.5, 0.6) is 0 Å². The molecule has 2 amide bonds. The fraction of sp³-hybridized carbons (Fsp3) is 0.444. The van der Waals surface area contributed by atoms with E-state index in [9.17, 15) is 9.59 Å². The molecule has 0 aliphatic heterocycles. The summed E-state index contributed by atoms with van der Waals surface area (Å²) in [7, 11) is 0. The van der Waals surface area contributed by atoms with Crippen molar-refractivity contribution in [2.45, 2.75) is 52.1 Å². The van der Waals surface area contributed by atoms with E-state index in [0.29, 0.717) is 19.3 Å². The fourth-order valence-corrected chi connectivity index (χ4v) is 2.66. The van der Waals surface area contributed by atoms with Gasteiger partial charge in [-0.05, 0) is 45.2 Å². The van der Waals surface area contributed by atoms with Crippen LogP contribution in [0, 0.1) is 0 Å². The topological polar surface area (TPSA) is 74.0 Å². The Kier molecular flexibility index (Phi) is 5.79. The highest BCUT2D eigenvalue weighted by molar-refractivity contribution is 5.83. The van der Waals surface area contributed by atoms with Crippen molar-refractivity contribution in [3.8, 4) is 0 Å². The third kappa shape index (κ3) is 5.13. The maximum Gasteiger partial charge on any atom is 0.315 e. The summed E-state index contributed by atoms with van der Waals surface area (Å²) in [5.41, 5.74) is 2.23. The molecule has 0 aliphatic carbocycles. The van der Waals surface area contributed by atoms with Crippen LogP contribution in [0.3, 0.4) is 0 Å². The Morgan fingerprint density at radius 2 is 1.91 bits per heavy atom. The molecule has 1 aromatic heterocycles. The molecule has 0 spiro atoms. The van der Waals surface area contributed by atoms with Gasteiger partial charge in [-0.1, -0.05) is 18.2 Å². The molecule has 0 saturated heterocycles. The van der Waals surface area contributed by atoms with Crippen molar-refractivity contribution in [1.29, 1.82) is 0 Å². The molecule has 1 heterocycles. The van der Waals surface area contributed by atoms with Gasteiger partial charge < -0.3 is 20.4 Å². The highest BCUT2D eigenvalue weighted by atomic mass is 16.2. The van der Waals surface area contributed by atoms with Gasteiger partial charge in [0.2, 0.25) is 0 Å². The number of fused-ring (bicyclic) bond motifs is 1. The van der Waals surface area contributed by atoms with Crippen LogP contribution < -0.4 is 10.6 Å². The first-order valence-electron chi connectivity index (χ1n) is 8.07. The van der Waals surface area contributed by atoms with Crippen LogP contribution in [-0.4, -0.2) is 28.9 Å². The lowest BCUT2D eigenvalue weighted by Gasteiger charge is -2.19. The van der Waals surface area contributed by atoms with Crippen molar-refractivity contribution in [2.75, 3.05) is 0 Å². The summed E-state index contributed by atoms with van der Waals surface area (Å²) in [6, 6.07) is 7.91. The molecule has 0 bridgehead atoms. The number of hydrogen-bond acceptors (Lipinski definition) is 2. The van der Waals surface area contributed by atoms with Gasteiger partial charge in [-0.3, -0.25) is 0 Å². The van der Waals surface area contributed by atoms with Crippen LogP contribution in [0.2, 0.25) is 0 Å². The summed E-state index contributed by atoms with van der Waals surface area (Å²) in [6.45, 7) is 5.42. The smallest absolute Gasteiger partial charge is 0.315 e. The number of rotatable bonds is 7. The lowest BCUT2D eigenvalue weighted by Crippen LogP contribution is -2.45. The molecular weight excluding hydrogens is 290 g/mol. The number of aromatic nitrogens is 1. The van der Waals surface area contributed by atoms with Gasteiger partial charge in [0, 0.05) is 35.6 Å². The van der Waals surface area contributed by atoms with Gasteiger partial charge in [0.15, 0.2) is 0 Å². The van der Waals surface area contributed by atoms with Crippen LogP contribution in [0.4, 0.5) is 4.79 Å². The second-order valence-electron chi connectivity index (χ2n) is 6.27. The number of hydrogen-bond donors (Lipinski definition) is 3. The zero-order chi connectivity index (χ0) is 16.8. The van der Waals surface area contributed by atoms with Crippen LogP contribution in [-0.2, 0) is 11.2 Å². The zero-order valence-corrected chi connectivity index (χ0v) is 14.0. The minimum Gasteiger partial charge on any atom is -0.361 e. The van der Waals surface area contributed by atoms with Crippen molar-refractivity contribution in [3.05, 3.63) is 36.0 Å². The van der Waals surface area contributed by atoms with E-state index in [1.54, 1.807) is 6.92 Å². The maximum atomic E-state index is 12.0. The van der Waals surface area contributed by atoms with Gasteiger partial charge in [0.05, 0.1) is 0 Å². The summed E-state index contributed by atoms with van der Waals surface area (Å²) in [5.74, 6) is 0.139. The third-order valence-electron chi connectivity index (χ3n) is 3.74. The number of nitrogens with one attached hydrogen (secondary N) is 3. The molecule has 1 unspecified atom stereocenters. The molecule has 5 heteroatoms. The minimum absolute atomic E-state index is 0.0724. The lowest BCUT2D eigenvalue weighted by atomic mass is 10.0. The molecule has 1 aromatic carbocycles. The van der Waals surface area contributed by atoms with Crippen LogP contribution >= 0.6 is 0 Å². The normalized spacial score (nSPS) is 12.3. The molecule has 2 rings (SSSR count). The minimum atomic E-state index is -0.187. The Balaban J connectivity index is 2.09. The third-order valence-corrected chi connectivity index (χ3v) is 3.74. The number of Topliss-reactive ketones (excluding diaryl/α,β-unsaturated/α-hetero) is 1. The van der Waals surface area contributed by atoms with Crippen molar-refractivity contribution in [1.82, 2.24) is 15.6 Å². The SMILES string of the molecule is CC(=O)CCC(Cc1c[nH]c2ccccc12)NC(=O)NC(C)C.